The number of carboxylic acid groups (broad SMARTS) is 1. The number of hydrogen-bond donors (Lipinski definition) is 4. The Morgan fingerprint density at radius 2 is 1.93 bits per heavy atom. The van der Waals surface area contributed by atoms with Gasteiger partial charge in [-0.2, -0.15) is 0 Å². The number of aliphatic hydroxyl groups is 1. The van der Waals surface area contributed by atoms with Gasteiger partial charge < -0.3 is 30.5 Å². The number of amides is 3. The summed E-state index contributed by atoms with van der Waals surface area (Å²) in [6.07, 6.45) is -1.35. The van der Waals surface area contributed by atoms with E-state index in [1.807, 2.05) is 18.2 Å². The molecule has 0 bridgehead atoms. The van der Waals surface area contributed by atoms with E-state index < -0.39 is 42.1 Å². The largest absolute Gasteiger partial charge is 0.480 e. The number of carbonyl (C=O) groups is 4. The highest BCUT2D eigenvalue weighted by molar-refractivity contribution is 5.88. The Labute approximate surface area is 167 Å². The first kappa shape index (κ1) is 22.2. The van der Waals surface area contributed by atoms with E-state index in [9.17, 15) is 24.3 Å². The quantitative estimate of drug-likeness (QED) is 0.469. The summed E-state index contributed by atoms with van der Waals surface area (Å²) in [6, 6.07) is 7.11. The molecule has 0 saturated carbocycles. The summed E-state index contributed by atoms with van der Waals surface area (Å²) in [7, 11) is 0. The third-order valence-electron chi connectivity index (χ3n) is 4.58. The van der Waals surface area contributed by atoms with E-state index >= 15 is 0 Å². The fraction of sp³-hybridized carbons (Fsp3) is 0.474. The van der Waals surface area contributed by atoms with Crippen LogP contribution in [0.3, 0.4) is 0 Å². The molecule has 3 atom stereocenters. The van der Waals surface area contributed by atoms with Crippen LogP contribution in [0.25, 0.3) is 0 Å². The van der Waals surface area contributed by atoms with Crippen LogP contribution in [0.2, 0.25) is 0 Å². The van der Waals surface area contributed by atoms with Crippen molar-refractivity contribution in [1.82, 2.24) is 15.5 Å². The van der Waals surface area contributed by atoms with Crippen molar-refractivity contribution in [2.24, 2.45) is 0 Å². The van der Waals surface area contributed by atoms with Gasteiger partial charge in [0.2, 0.25) is 5.91 Å². The van der Waals surface area contributed by atoms with E-state index in [0.717, 1.165) is 5.56 Å². The molecular weight excluding hydrogens is 382 g/mol. The molecule has 3 amide bonds. The second-order valence-corrected chi connectivity index (χ2v) is 6.73. The first-order valence-electron chi connectivity index (χ1n) is 9.25. The molecule has 0 spiro atoms. The molecule has 0 radical (unpaired) electrons. The van der Waals surface area contributed by atoms with E-state index in [-0.39, 0.29) is 13.2 Å². The van der Waals surface area contributed by atoms with E-state index in [4.69, 9.17) is 9.84 Å². The number of rotatable bonds is 8. The maximum absolute atomic E-state index is 12.4. The van der Waals surface area contributed by atoms with Gasteiger partial charge in [-0.15, -0.1) is 0 Å². The Morgan fingerprint density at radius 1 is 1.24 bits per heavy atom. The van der Waals surface area contributed by atoms with Gasteiger partial charge in [-0.1, -0.05) is 30.3 Å². The molecular formula is C19H25N3O7. The number of alkyl carbamates (subject to hydrolysis) is 1. The third-order valence-corrected chi connectivity index (χ3v) is 4.58. The van der Waals surface area contributed by atoms with Crippen molar-refractivity contribution in [3.8, 4) is 0 Å². The van der Waals surface area contributed by atoms with Crippen molar-refractivity contribution in [2.75, 3.05) is 13.1 Å². The van der Waals surface area contributed by atoms with Crippen LogP contribution >= 0.6 is 0 Å². The van der Waals surface area contributed by atoms with Crippen LogP contribution < -0.4 is 10.6 Å². The number of hydrogen-bond acceptors (Lipinski definition) is 6. The van der Waals surface area contributed by atoms with Crippen molar-refractivity contribution >= 4 is 23.9 Å². The van der Waals surface area contributed by atoms with Crippen LogP contribution in [0.5, 0.6) is 0 Å². The molecule has 4 N–H and O–H groups in total. The molecule has 1 unspecified atom stereocenters. The second kappa shape index (κ2) is 10.4. The summed E-state index contributed by atoms with van der Waals surface area (Å²) >= 11 is 0. The molecule has 158 valence electrons. The summed E-state index contributed by atoms with van der Waals surface area (Å²) in [5, 5.41) is 23.6. The summed E-state index contributed by atoms with van der Waals surface area (Å²) in [5.74, 6) is -2.56. The number of benzene rings is 1. The molecule has 1 saturated heterocycles. The summed E-state index contributed by atoms with van der Waals surface area (Å²) in [4.78, 5) is 48.4. The number of nitrogens with one attached hydrogen (secondary N) is 2. The summed E-state index contributed by atoms with van der Waals surface area (Å²) < 4.78 is 5.03. The molecule has 1 fully saturated rings. The number of carboxylic acids is 1. The predicted molar refractivity (Wildman–Crippen MR) is 101 cm³/mol. The Bertz CT molecular complexity index is 741. The van der Waals surface area contributed by atoms with Crippen LogP contribution in [-0.4, -0.2) is 70.3 Å². The van der Waals surface area contributed by atoms with Gasteiger partial charge in [-0.3, -0.25) is 14.4 Å². The lowest BCUT2D eigenvalue weighted by Gasteiger charge is -2.28. The highest BCUT2D eigenvalue weighted by atomic mass is 16.5. The van der Waals surface area contributed by atoms with Crippen LogP contribution in [0.4, 0.5) is 4.79 Å². The lowest BCUT2D eigenvalue weighted by molar-refractivity contribution is -0.145. The van der Waals surface area contributed by atoms with Crippen molar-refractivity contribution in [1.29, 1.82) is 0 Å². The van der Waals surface area contributed by atoms with E-state index in [1.54, 1.807) is 12.1 Å². The Kier molecular flexibility index (Phi) is 7.96. The summed E-state index contributed by atoms with van der Waals surface area (Å²) in [5.41, 5.74) is 0.804. The molecule has 1 aliphatic heterocycles. The smallest absolute Gasteiger partial charge is 0.407 e. The molecule has 29 heavy (non-hydrogen) atoms. The Balaban J connectivity index is 1.81. The van der Waals surface area contributed by atoms with Gasteiger partial charge in [0.25, 0.3) is 5.91 Å². The Morgan fingerprint density at radius 3 is 2.59 bits per heavy atom. The fourth-order valence-corrected chi connectivity index (χ4v) is 2.99. The normalized spacial score (nSPS) is 17.9. The number of ether oxygens (including phenoxy) is 1. The molecule has 10 heteroatoms. The standard InChI is InChI=1S/C19H25N3O7/c1-12(18(26)27)21-17(25)16(24)14-8-5-9-22(14)15(23)10-20-19(28)29-11-13-6-3-2-4-7-13/h2-4,6-7,12,14,16,24H,5,8-11H2,1H3,(H,20,28)(H,21,25)(H,26,27)/t12-,14-,16?/m0/s1. The SMILES string of the molecule is C[C@H](NC(=O)C(O)[C@@H]1CCCN1C(=O)CNC(=O)OCc1ccccc1)C(=O)O. The topological polar surface area (TPSA) is 145 Å². The van der Waals surface area contributed by atoms with E-state index in [2.05, 4.69) is 10.6 Å². The van der Waals surface area contributed by atoms with Crippen molar-refractivity contribution < 1.29 is 34.1 Å². The van der Waals surface area contributed by atoms with Crippen LogP contribution in [-0.2, 0) is 25.7 Å². The van der Waals surface area contributed by atoms with Crippen molar-refractivity contribution in [3.05, 3.63) is 35.9 Å². The maximum Gasteiger partial charge on any atom is 0.407 e. The van der Waals surface area contributed by atoms with Crippen LogP contribution in [0.15, 0.2) is 30.3 Å². The molecule has 2 rings (SSSR count). The second-order valence-electron chi connectivity index (χ2n) is 6.73. The molecule has 1 heterocycles. The minimum absolute atomic E-state index is 0.0633. The lowest BCUT2D eigenvalue weighted by Crippen LogP contribution is -2.53. The Hall–Kier alpha value is -3.14. The fourth-order valence-electron chi connectivity index (χ4n) is 2.99. The molecule has 1 aromatic rings. The minimum Gasteiger partial charge on any atom is -0.480 e. The summed E-state index contributed by atoms with van der Waals surface area (Å²) in [6.45, 7) is 1.32. The number of carbonyl (C=O) groups excluding carboxylic acids is 3. The van der Waals surface area contributed by atoms with Crippen molar-refractivity contribution in [3.63, 3.8) is 0 Å². The molecule has 0 aromatic heterocycles. The van der Waals surface area contributed by atoms with Crippen LogP contribution in [0, 0.1) is 0 Å². The molecule has 10 nitrogen and oxygen atoms in total. The maximum atomic E-state index is 12.4. The van der Waals surface area contributed by atoms with Gasteiger partial charge in [0, 0.05) is 6.54 Å². The first-order chi connectivity index (χ1) is 13.8. The molecule has 1 aliphatic rings. The average Bonchev–Trinajstić information content (AvgIpc) is 3.20. The average molecular weight is 407 g/mol. The van der Waals surface area contributed by atoms with Gasteiger partial charge >= 0.3 is 12.1 Å². The molecule has 0 aliphatic carbocycles. The highest BCUT2D eigenvalue weighted by Gasteiger charge is 2.38. The van der Waals surface area contributed by atoms with Gasteiger partial charge in [0.05, 0.1) is 6.04 Å². The minimum atomic E-state index is -1.56. The zero-order chi connectivity index (χ0) is 21.4. The number of aliphatic carboxylic acids is 1. The lowest BCUT2D eigenvalue weighted by atomic mass is 10.1. The van der Waals surface area contributed by atoms with Gasteiger partial charge in [0.15, 0.2) is 6.10 Å². The van der Waals surface area contributed by atoms with Crippen molar-refractivity contribution in [2.45, 2.75) is 44.6 Å². The number of aliphatic hydroxyl groups excluding tert-OH is 1. The zero-order valence-corrected chi connectivity index (χ0v) is 16.0. The molecule has 1 aromatic carbocycles. The zero-order valence-electron chi connectivity index (χ0n) is 16.0. The monoisotopic (exact) mass is 407 g/mol. The first-order valence-corrected chi connectivity index (χ1v) is 9.25. The third kappa shape index (κ3) is 6.46. The van der Waals surface area contributed by atoms with Crippen LogP contribution in [0.1, 0.15) is 25.3 Å². The van der Waals surface area contributed by atoms with E-state index in [1.165, 1.54) is 11.8 Å². The number of likely N-dealkylation sites (tertiary alicyclic amines) is 1. The van der Waals surface area contributed by atoms with Gasteiger partial charge in [0.1, 0.15) is 19.2 Å². The van der Waals surface area contributed by atoms with Gasteiger partial charge in [-0.05, 0) is 25.3 Å². The van der Waals surface area contributed by atoms with E-state index in [0.29, 0.717) is 19.4 Å². The highest BCUT2D eigenvalue weighted by Crippen LogP contribution is 2.20. The predicted octanol–water partition coefficient (Wildman–Crippen LogP) is -0.146. The van der Waals surface area contributed by atoms with Gasteiger partial charge in [-0.25, -0.2) is 4.79 Å². The number of nitrogens with zero attached hydrogens (tertiary/aromatic N) is 1.